The highest BCUT2D eigenvalue weighted by Crippen LogP contribution is 2.49. The summed E-state index contributed by atoms with van der Waals surface area (Å²) in [6.07, 6.45) is 6.70. The van der Waals surface area contributed by atoms with Crippen molar-refractivity contribution in [2.45, 2.75) is 82.9 Å². The molecule has 0 aromatic heterocycles. The first-order chi connectivity index (χ1) is 20.2. The number of carbonyl (C=O) groups is 1. The molecule has 2 heterocycles. The lowest BCUT2D eigenvalue weighted by Crippen LogP contribution is -2.49. The summed E-state index contributed by atoms with van der Waals surface area (Å²) >= 11 is 0. The molecule has 0 bridgehead atoms. The molecule has 0 aliphatic carbocycles. The van der Waals surface area contributed by atoms with Crippen LogP contribution in [0.4, 0.5) is 5.69 Å². The number of benzene rings is 3. The molecular weight excluding hydrogens is 570 g/mol. The minimum atomic E-state index is -4.66. The summed E-state index contributed by atoms with van der Waals surface area (Å²) in [5.74, 6) is -0.852. The number of aromatic hydroxyl groups is 2. The number of hydrogen-bond acceptors (Lipinski definition) is 7. The fourth-order valence-corrected chi connectivity index (χ4v) is 6.71. The Labute approximate surface area is 251 Å². The Morgan fingerprint density at radius 3 is 2.42 bits per heavy atom. The van der Waals surface area contributed by atoms with Crippen molar-refractivity contribution in [1.82, 2.24) is 0 Å². The molecule has 1 amide bonds. The number of anilines is 1. The first-order valence-corrected chi connectivity index (χ1v) is 15.7. The van der Waals surface area contributed by atoms with E-state index in [1.54, 1.807) is 18.2 Å². The number of fused-ring (bicyclic) bond motifs is 4. The van der Waals surface area contributed by atoms with Gasteiger partial charge in [-0.2, -0.15) is 8.42 Å². The summed E-state index contributed by atoms with van der Waals surface area (Å²) in [4.78, 5) is 14.6. The number of phenols is 2. The van der Waals surface area contributed by atoms with E-state index < -0.39 is 38.4 Å². The van der Waals surface area contributed by atoms with Gasteiger partial charge in [0, 0.05) is 34.4 Å². The van der Waals surface area contributed by atoms with Crippen LogP contribution in [0.2, 0.25) is 0 Å². The van der Waals surface area contributed by atoms with E-state index in [9.17, 15) is 33.1 Å². The van der Waals surface area contributed by atoms with Gasteiger partial charge in [-0.1, -0.05) is 47.6 Å². The van der Waals surface area contributed by atoms with E-state index in [0.717, 1.165) is 18.9 Å². The molecule has 10 heteroatoms. The van der Waals surface area contributed by atoms with Crippen LogP contribution in [0.3, 0.4) is 0 Å². The molecule has 3 aromatic rings. The van der Waals surface area contributed by atoms with Crippen molar-refractivity contribution in [3.05, 3.63) is 76.4 Å². The molecule has 0 saturated carbocycles. The molecule has 43 heavy (non-hydrogen) atoms. The van der Waals surface area contributed by atoms with E-state index in [2.05, 4.69) is 32.9 Å². The van der Waals surface area contributed by atoms with Crippen molar-refractivity contribution in [3.8, 4) is 17.2 Å². The van der Waals surface area contributed by atoms with E-state index in [-0.39, 0.29) is 40.7 Å². The van der Waals surface area contributed by atoms with Crippen molar-refractivity contribution in [2.24, 2.45) is 0 Å². The Morgan fingerprint density at radius 2 is 1.74 bits per heavy atom. The van der Waals surface area contributed by atoms with Gasteiger partial charge in [0.25, 0.3) is 16.0 Å². The molecule has 0 saturated heterocycles. The average Bonchev–Trinajstić information content (AvgIpc) is 3.24. The largest absolute Gasteiger partial charge is 0.508 e. The highest BCUT2D eigenvalue weighted by molar-refractivity contribution is 7.86. The zero-order chi connectivity index (χ0) is 31.3. The van der Waals surface area contributed by atoms with Crippen molar-refractivity contribution < 1.29 is 37.8 Å². The molecule has 3 aromatic carbocycles. The lowest BCUT2D eigenvalue weighted by Gasteiger charge is -2.40. The zero-order valence-electron chi connectivity index (χ0n) is 24.7. The monoisotopic (exact) mass is 607 g/mol. The van der Waals surface area contributed by atoms with Gasteiger partial charge in [-0.15, -0.1) is 0 Å². The van der Waals surface area contributed by atoms with E-state index in [1.165, 1.54) is 28.2 Å². The van der Waals surface area contributed by atoms with Gasteiger partial charge in [-0.25, -0.2) is 0 Å². The molecule has 0 unspecified atom stereocenters. The Bertz CT molecular complexity index is 1790. The van der Waals surface area contributed by atoms with Crippen LogP contribution in [0.15, 0.2) is 64.6 Å². The van der Waals surface area contributed by atoms with Crippen LogP contribution >= 0.6 is 0 Å². The number of ether oxygens (including phenoxy) is 1. The quantitative estimate of drug-likeness (QED) is 0.175. The number of aliphatic hydroxyl groups excluding tert-OH is 1. The SMILES string of the molecule is CC(C)=CCC/C(C)=C/CC[C@]1(C)Oc2c(c(O)cc3c2CN(c2c(O)cc(S(=O)(=O)O)c4ccccc24)C3=O)C[C@@H]1O. The average molecular weight is 608 g/mol. The summed E-state index contributed by atoms with van der Waals surface area (Å²) < 4.78 is 40.3. The van der Waals surface area contributed by atoms with E-state index in [4.69, 9.17) is 4.74 Å². The predicted molar refractivity (Wildman–Crippen MR) is 164 cm³/mol. The van der Waals surface area contributed by atoms with Crippen LogP contribution in [0.5, 0.6) is 17.2 Å². The van der Waals surface area contributed by atoms with E-state index in [1.807, 2.05) is 6.92 Å². The number of allylic oxidation sites excluding steroid dienone is 4. The number of nitrogens with zero attached hydrogens (tertiary/aromatic N) is 1. The van der Waals surface area contributed by atoms with Crippen molar-refractivity contribution in [1.29, 1.82) is 0 Å². The molecule has 2 aliphatic heterocycles. The molecule has 0 radical (unpaired) electrons. The second-order valence-electron chi connectivity index (χ2n) is 11.9. The highest BCUT2D eigenvalue weighted by Gasteiger charge is 2.45. The van der Waals surface area contributed by atoms with Crippen molar-refractivity contribution in [3.63, 3.8) is 0 Å². The van der Waals surface area contributed by atoms with Gasteiger partial charge in [0.1, 0.15) is 27.7 Å². The van der Waals surface area contributed by atoms with Gasteiger partial charge >= 0.3 is 0 Å². The molecule has 2 aliphatic rings. The normalized spacial score (nSPS) is 20.1. The predicted octanol–water partition coefficient (Wildman–Crippen LogP) is 6.19. The number of phenolic OH excluding ortho intramolecular Hbond substituents is 2. The van der Waals surface area contributed by atoms with Crippen LogP contribution in [0.25, 0.3) is 10.8 Å². The van der Waals surface area contributed by atoms with Crippen LogP contribution < -0.4 is 9.64 Å². The lowest BCUT2D eigenvalue weighted by atomic mass is 9.84. The Hall–Kier alpha value is -3.86. The Balaban J connectivity index is 1.48. The molecule has 4 N–H and O–H groups in total. The third-order valence-corrected chi connectivity index (χ3v) is 9.32. The van der Waals surface area contributed by atoms with E-state index >= 15 is 0 Å². The fraction of sp³-hybridized carbons (Fsp3) is 0.364. The zero-order valence-corrected chi connectivity index (χ0v) is 25.5. The number of carbonyl (C=O) groups excluding carboxylic acids is 1. The Kier molecular flexibility index (Phi) is 8.06. The molecule has 9 nitrogen and oxygen atoms in total. The maximum Gasteiger partial charge on any atom is 0.295 e. The standard InChI is InChI=1S/C33H37NO8S/c1-19(2)9-7-10-20(3)11-8-14-33(4)29(37)16-24-26(35)15-23-25(31(24)42-33)18-34(32(23)38)30-22-13-6-5-12-21(22)28(17-27(30)36)43(39,40)41/h5-6,9,11-13,15,17,29,35-37H,7-8,10,14,16,18H2,1-4H3,(H,39,40,41)/b20-11+/t29-,33-/m0/s1. The van der Waals surface area contributed by atoms with Crippen LogP contribution in [0.1, 0.15) is 74.9 Å². The molecule has 2 atom stereocenters. The molecule has 0 spiro atoms. The molecule has 5 rings (SSSR count). The summed E-state index contributed by atoms with van der Waals surface area (Å²) in [6, 6.07) is 8.54. The third-order valence-electron chi connectivity index (χ3n) is 8.42. The minimum absolute atomic E-state index is 0.0187. The number of aliphatic hydroxyl groups is 1. The van der Waals surface area contributed by atoms with Crippen molar-refractivity contribution >= 4 is 32.5 Å². The van der Waals surface area contributed by atoms with Crippen molar-refractivity contribution in [2.75, 3.05) is 4.90 Å². The van der Waals surface area contributed by atoms with Gasteiger partial charge in [0.15, 0.2) is 0 Å². The van der Waals surface area contributed by atoms with Crippen LogP contribution in [-0.4, -0.2) is 45.9 Å². The topological polar surface area (TPSA) is 145 Å². The summed E-state index contributed by atoms with van der Waals surface area (Å²) in [6.45, 7) is 8.04. The van der Waals surface area contributed by atoms with Gasteiger partial charge in [-0.3, -0.25) is 14.2 Å². The van der Waals surface area contributed by atoms with Gasteiger partial charge < -0.3 is 20.1 Å². The van der Waals surface area contributed by atoms with Gasteiger partial charge in [-0.05, 0) is 59.4 Å². The first-order valence-electron chi connectivity index (χ1n) is 14.3. The highest BCUT2D eigenvalue weighted by atomic mass is 32.2. The van der Waals surface area contributed by atoms with Gasteiger partial charge in [0.2, 0.25) is 0 Å². The van der Waals surface area contributed by atoms with Crippen LogP contribution in [-0.2, 0) is 23.1 Å². The Morgan fingerprint density at radius 1 is 1.05 bits per heavy atom. The maximum atomic E-state index is 13.7. The lowest BCUT2D eigenvalue weighted by molar-refractivity contribution is -0.0597. The second kappa shape index (κ2) is 11.3. The smallest absolute Gasteiger partial charge is 0.295 e. The van der Waals surface area contributed by atoms with Crippen LogP contribution in [0, 0.1) is 0 Å². The molecule has 0 fully saturated rings. The number of rotatable bonds is 8. The second-order valence-corrected chi connectivity index (χ2v) is 13.3. The molecular formula is C33H37NO8S. The number of amides is 1. The summed E-state index contributed by atoms with van der Waals surface area (Å²) in [5.41, 5.74) is 2.72. The number of hydrogen-bond donors (Lipinski definition) is 4. The summed E-state index contributed by atoms with van der Waals surface area (Å²) in [7, 11) is -4.66. The maximum absolute atomic E-state index is 13.7. The van der Waals surface area contributed by atoms with Gasteiger partial charge in [0.05, 0.1) is 23.9 Å². The first kappa shape index (κ1) is 30.6. The summed E-state index contributed by atoms with van der Waals surface area (Å²) in [5, 5.41) is 33.3. The van der Waals surface area contributed by atoms with E-state index in [0.29, 0.717) is 29.7 Å². The third kappa shape index (κ3) is 5.74. The minimum Gasteiger partial charge on any atom is -0.508 e. The molecule has 228 valence electrons. The fourth-order valence-electron chi connectivity index (χ4n) is 5.99.